The molecule has 0 saturated carbocycles. The Labute approximate surface area is 124 Å². The van der Waals surface area contributed by atoms with E-state index in [2.05, 4.69) is 6.92 Å². The van der Waals surface area contributed by atoms with Crippen LogP contribution in [-0.2, 0) is 14.3 Å². The summed E-state index contributed by atoms with van der Waals surface area (Å²) in [5.74, 6) is 0.226. The van der Waals surface area contributed by atoms with Gasteiger partial charge in [-0.1, -0.05) is 64.7 Å². The van der Waals surface area contributed by atoms with Crippen molar-refractivity contribution in [2.75, 3.05) is 19.8 Å². The lowest BCUT2D eigenvalue weighted by Gasteiger charge is -2.21. The third-order valence-electron chi connectivity index (χ3n) is 3.95. The first-order chi connectivity index (χ1) is 9.84. The molecule has 3 nitrogen and oxygen atoms in total. The Hall–Kier alpha value is -0.410. The van der Waals surface area contributed by atoms with Crippen molar-refractivity contribution < 1.29 is 14.3 Å². The van der Waals surface area contributed by atoms with Crippen molar-refractivity contribution in [3.8, 4) is 0 Å². The van der Waals surface area contributed by atoms with E-state index < -0.39 is 0 Å². The van der Waals surface area contributed by atoms with Crippen LogP contribution in [0.5, 0.6) is 0 Å². The van der Waals surface area contributed by atoms with Crippen LogP contribution in [0.25, 0.3) is 0 Å². The lowest BCUT2D eigenvalue weighted by Crippen LogP contribution is -2.35. The van der Waals surface area contributed by atoms with Crippen LogP contribution in [-0.4, -0.2) is 31.7 Å². The van der Waals surface area contributed by atoms with Gasteiger partial charge in [-0.2, -0.15) is 0 Å². The molecule has 0 N–H and O–H groups in total. The smallest absolute Gasteiger partial charge is 0.163 e. The van der Waals surface area contributed by atoms with Gasteiger partial charge in [0, 0.05) is 6.42 Å². The van der Waals surface area contributed by atoms with E-state index >= 15 is 0 Å². The second-order valence-electron chi connectivity index (χ2n) is 5.83. The van der Waals surface area contributed by atoms with Crippen molar-refractivity contribution >= 4 is 5.78 Å². The van der Waals surface area contributed by atoms with Crippen molar-refractivity contribution in [1.82, 2.24) is 0 Å². The topological polar surface area (TPSA) is 35.5 Å². The van der Waals surface area contributed by atoms with Crippen LogP contribution in [0, 0.1) is 0 Å². The molecule has 20 heavy (non-hydrogen) atoms. The zero-order chi connectivity index (χ0) is 14.5. The van der Waals surface area contributed by atoms with Crippen LogP contribution in [0.3, 0.4) is 0 Å². The van der Waals surface area contributed by atoms with Crippen molar-refractivity contribution in [2.45, 2.75) is 83.7 Å². The first-order valence-electron chi connectivity index (χ1n) is 8.56. The minimum atomic E-state index is -0.290. The average Bonchev–Trinajstić information content (AvgIpc) is 2.50. The summed E-state index contributed by atoms with van der Waals surface area (Å²) in [6, 6.07) is 0. The second kappa shape index (κ2) is 12.3. The molecule has 1 aliphatic rings. The van der Waals surface area contributed by atoms with Gasteiger partial charge >= 0.3 is 0 Å². The molecule has 1 aliphatic heterocycles. The maximum atomic E-state index is 11.8. The second-order valence-corrected chi connectivity index (χ2v) is 5.83. The Balaban J connectivity index is 1.83. The molecule has 0 bridgehead atoms. The summed E-state index contributed by atoms with van der Waals surface area (Å²) in [5, 5.41) is 0. The van der Waals surface area contributed by atoms with Crippen LogP contribution in [0.4, 0.5) is 0 Å². The average molecular weight is 284 g/mol. The minimum absolute atomic E-state index is 0.226. The highest BCUT2D eigenvalue weighted by molar-refractivity contribution is 5.83. The fraction of sp³-hybridized carbons (Fsp3) is 0.941. The Morgan fingerprint density at radius 2 is 1.50 bits per heavy atom. The Morgan fingerprint density at radius 1 is 0.900 bits per heavy atom. The molecular weight excluding hydrogens is 252 g/mol. The predicted molar refractivity (Wildman–Crippen MR) is 82.0 cm³/mol. The number of carbonyl (C=O) groups is 1. The van der Waals surface area contributed by atoms with E-state index in [9.17, 15) is 4.79 Å². The van der Waals surface area contributed by atoms with Crippen LogP contribution in [0.1, 0.15) is 77.6 Å². The standard InChI is InChI=1S/C17H32O3/c1-2-3-4-5-6-7-8-9-10-11-12-16(18)17-15-19-13-14-20-17/h17H,2-15H2,1H3. The fourth-order valence-corrected chi connectivity index (χ4v) is 2.62. The molecule has 1 rings (SSSR count). The highest BCUT2D eigenvalue weighted by Gasteiger charge is 2.21. The Kier molecular flexibility index (Phi) is 10.9. The van der Waals surface area contributed by atoms with Crippen LogP contribution < -0.4 is 0 Å². The fourth-order valence-electron chi connectivity index (χ4n) is 2.62. The van der Waals surface area contributed by atoms with Gasteiger partial charge in [0.15, 0.2) is 5.78 Å². The van der Waals surface area contributed by atoms with E-state index in [1.165, 1.54) is 57.8 Å². The number of ether oxygens (including phenoxy) is 2. The molecular formula is C17H32O3. The molecule has 1 saturated heterocycles. The first kappa shape index (κ1) is 17.6. The monoisotopic (exact) mass is 284 g/mol. The van der Waals surface area contributed by atoms with Gasteiger partial charge in [0.05, 0.1) is 19.8 Å². The Morgan fingerprint density at radius 3 is 2.05 bits per heavy atom. The molecule has 0 aromatic carbocycles. The quantitative estimate of drug-likeness (QED) is 0.502. The van der Waals surface area contributed by atoms with Crippen LogP contribution in [0.15, 0.2) is 0 Å². The zero-order valence-corrected chi connectivity index (χ0v) is 13.2. The molecule has 1 fully saturated rings. The van der Waals surface area contributed by atoms with Gasteiger partial charge < -0.3 is 9.47 Å². The normalized spacial score (nSPS) is 19.1. The summed E-state index contributed by atoms with van der Waals surface area (Å²) in [4.78, 5) is 11.8. The molecule has 0 amide bonds. The molecule has 1 heterocycles. The summed E-state index contributed by atoms with van der Waals surface area (Å²) in [5.41, 5.74) is 0. The van der Waals surface area contributed by atoms with Gasteiger partial charge in [0.2, 0.25) is 0 Å². The van der Waals surface area contributed by atoms with Crippen molar-refractivity contribution in [3.63, 3.8) is 0 Å². The molecule has 3 heteroatoms. The van der Waals surface area contributed by atoms with E-state index in [1.54, 1.807) is 0 Å². The molecule has 0 spiro atoms. The largest absolute Gasteiger partial charge is 0.376 e. The minimum Gasteiger partial charge on any atom is -0.376 e. The molecule has 1 atom stereocenters. The highest BCUT2D eigenvalue weighted by atomic mass is 16.6. The SMILES string of the molecule is CCCCCCCCCCCCC(=O)C1COCCO1. The number of hydrogen-bond donors (Lipinski definition) is 0. The zero-order valence-electron chi connectivity index (χ0n) is 13.2. The van der Waals surface area contributed by atoms with Crippen molar-refractivity contribution in [2.24, 2.45) is 0 Å². The van der Waals surface area contributed by atoms with Gasteiger partial charge in [-0.3, -0.25) is 4.79 Å². The van der Waals surface area contributed by atoms with E-state index in [0.717, 1.165) is 6.42 Å². The maximum Gasteiger partial charge on any atom is 0.163 e. The molecule has 0 aromatic heterocycles. The number of ketones is 1. The molecule has 1 unspecified atom stereocenters. The van der Waals surface area contributed by atoms with Crippen LogP contribution >= 0.6 is 0 Å². The summed E-state index contributed by atoms with van der Waals surface area (Å²) in [6.45, 7) is 3.90. The lowest BCUT2D eigenvalue weighted by atomic mass is 10.0. The Bertz CT molecular complexity index is 234. The van der Waals surface area contributed by atoms with Gasteiger partial charge in [-0.05, 0) is 6.42 Å². The number of rotatable bonds is 12. The van der Waals surface area contributed by atoms with Gasteiger partial charge in [-0.25, -0.2) is 0 Å². The van der Waals surface area contributed by atoms with E-state index in [0.29, 0.717) is 26.2 Å². The first-order valence-corrected chi connectivity index (χ1v) is 8.56. The van der Waals surface area contributed by atoms with Crippen molar-refractivity contribution in [3.05, 3.63) is 0 Å². The van der Waals surface area contributed by atoms with Gasteiger partial charge in [-0.15, -0.1) is 0 Å². The third kappa shape index (κ3) is 8.70. The molecule has 118 valence electrons. The summed E-state index contributed by atoms with van der Waals surface area (Å²) in [7, 11) is 0. The summed E-state index contributed by atoms with van der Waals surface area (Å²) in [6.07, 6.45) is 13.4. The van der Waals surface area contributed by atoms with E-state index in [1.807, 2.05) is 0 Å². The van der Waals surface area contributed by atoms with Crippen LogP contribution in [0.2, 0.25) is 0 Å². The number of unbranched alkanes of at least 4 members (excludes halogenated alkanes) is 9. The maximum absolute atomic E-state index is 11.8. The highest BCUT2D eigenvalue weighted by Crippen LogP contribution is 2.12. The summed E-state index contributed by atoms with van der Waals surface area (Å²) < 4.78 is 10.7. The molecule has 0 aliphatic carbocycles. The van der Waals surface area contributed by atoms with E-state index in [-0.39, 0.29) is 11.9 Å². The van der Waals surface area contributed by atoms with Crippen molar-refractivity contribution in [1.29, 1.82) is 0 Å². The third-order valence-corrected chi connectivity index (χ3v) is 3.95. The molecule has 0 aromatic rings. The number of carbonyl (C=O) groups excluding carboxylic acids is 1. The van der Waals surface area contributed by atoms with Gasteiger partial charge in [0.25, 0.3) is 0 Å². The molecule has 0 radical (unpaired) electrons. The number of Topliss-reactive ketones (excluding diaryl/α,β-unsaturated/α-hetero) is 1. The lowest BCUT2D eigenvalue weighted by molar-refractivity contribution is -0.145. The summed E-state index contributed by atoms with van der Waals surface area (Å²) >= 11 is 0. The van der Waals surface area contributed by atoms with E-state index in [4.69, 9.17) is 9.47 Å². The predicted octanol–water partition coefficient (Wildman–Crippen LogP) is 4.28. The van der Waals surface area contributed by atoms with Gasteiger partial charge in [0.1, 0.15) is 6.10 Å². The number of hydrogen-bond acceptors (Lipinski definition) is 3.